The molecule has 1 atom stereocenters. The van der Waals surface area contributed by atoms with Crippen molar-refractivity contribution in [2.45, 2.75) is 24.8 Å². The van der Waals surface area contributed by atoms with Crippen molar-refractivity contribution in [3.8, 4) is 0 Å². The minimum Gasteiger partial charge on any atom is -0.330 e. The molecule has 0 bridgehead atoms. The molecule has 2 fully saturated rings. The molecule has 90 valence electrons. The molecule has 2 aliphatic heterocycles. The number of nitrogens with zero attached hydrogens (tertiary/aromatic N) is 3. The van der Waals surface area contributed by atoms with Gasteiger partial charge in [-0.3, -0.25) is 4.79 Å². The normalized spacial score (nSPS) is 27.9. The van der Waals surface area contributed by atoms with Gasteiger partial charge in [-0.1, -0.05) is 0 Å². The van der Waals surface area contributed by atoms with Crippen molar-refractivity contribution in [1.82, 2.24) is 20.2 Å². The van der Waals surface area contributed by atoms with Gasteiger partial charge in [0.15, 0.2) is 0 Å². The number of hydrogen-bond donors (Lipinski definition) is 1. The number of nitrogens with one attached hydrogen (secondary N) is 1. The van der Waals surface area contributed by atoms with E-state index in [1.807, 2.05) is 4.90 Å². The van der Waals surface area contributed by atoms with E-state index in [2.05, 4.69) is 15.3 Å². The number of amides is 1. The Bertz CT molecular complexity index is 414. The van der Waals surface area contributed by atoms with Crippen LogP contribution in [-0.2, 0) is 0 Å². The van der Waals surface area contributed by atoms with Gasteiger partial charge in [-0.05, 0) is 31.9 Å². The molecule has 0 aromatic carbocycles. The molecule has 1 aromatic heterocycles. The number of hydrogen-bond acceptors (Lipinski definition) is 4. The highest BCUT2D eigenvalue weighted by atomic mass is 16.2. The highest BCUT2D eigenvalue weighted by Gasteiger charge is 2.48. The monoisotopic (exact) mass is 232 g/mol. The van der Waals surface area contributed by atoms with Gasteiger partial charge < -0.3 is 10.2 Å². The average molecular weight is 232 g/mol. The fraction of sp³-hybridized carbons (Fsp3) is 0.583. The summed E-state index contributed by atoms with van der Waals surface area (Å²) >= 11 is 0. The van der Waals surface area contributed by atoms with Crippen LogP contribution in [-0.4, -0.2) is 45.9 Å². The first-order valence-electron chi connectivity index (χ1n) is 6.11. The largest absolute Gasteiger partial charge is 0.330 e. The molecule has 3 rings (SSSR count). The summed E-state index contributed by atoms with van der Waals surface area (Å²) in [6, 6.07) is 1.69. The second-order valence-electron chi connectivity index (χ2n) is 4.81. The Morgan fingerprint density at radius 1 is 1.47 bits per heavy atom. The molecule has 1 amide bonds. The van der Waals surface area contributed by atoms with Crippen LogP contribution >= 0.6 is 0 Å². The molecule has 1 aromatic rings. The predicted octanol–water partition coefficient (Wildman–Crippen LogP) is 0.445. The molecule has 5 nitrogen and oxygen atoms in total. The van der Waals surface area contributed by atoms with Gasteiger partial charge >= 0.3 is 0 Å². The van der Waals surface area contributed by atoms with Crippen LogP contribution in [0.4, 0.5) is 0 Å². The molecular formula is C12H16N4O. The topological polar surface area (TPSA) is 58.1 Å². The van der Waals surface area contributed by atoms with Gasteiger partial charge in [0.25, 0.3) is 5.91 Å². The molecule has 17 heavy (non-hydrogen) atoms. The first-order chi connectivity index (χ1) is 8.32. The maximum Gasteiger partial charge on any atom is 0.273 e. The van der Waals surface area contributed by atoms with E-state index in [-0.39, 0.29) is 11.4 Å². The Labute approximate surface area is 100 Å². The average Bonchev–Trinajstić information content (AvgIpc) is 2.39. The van der Waals surface area contributed by atoms with Crippen LogP contribution in [0.25, 0.3) is 0 Å². The van der Waals surface area contributed by atoms with Crippen LogP contribution in [0, 0.1) is 0 Å². The second kappa shape index (κ2) is 4.07. The zero-order chi connectivity index (χ0) is 11.7. The molecule has 3 heterocycles. The number of aromatic nitrogens is 2. The molecule has 0 saturated carbocycles. The van der Waals surface area contributed by atoms with Crippen molar-refractivity contribution < 1.29 is 4.79 Å². The summed E-state index contributed by atoms with van der Waals surface area (Å²) in [5.74, 6) is 0.0438. The summed E-state index contributed by atoms with van der Waals surface area (Å²) in [6.07, 6.45) is 6.41. The lowest BCUT2D eigenvalue weighted by Gasteiger charge is -2.54. The quantitative estimate of drug-likeness (QED) is 0.763. The number of piperidine rings is 1. The zero-order valence-electron chi connectivity index (χ0n) is 9.72. The lowest BCUT2D eigenvalue weighted by molar-refractivity contribution is -0.0159. The number of carbonyl (C=O) groups is 1. The molecule has 2 saturated heterocycles. The standard InChI is InChI=1S/C12H16N4O/c17-11(10-2-6-14-9-15-10)16-7-4-12(16)3-1-5-13-8-12/h2,6,9,13H,1,3-5,7-8H2. The highest BCUT2D eigenvalue weighted by molar-refractivity contribution is 5.93. The fourth-order valence-corrected chi connectivity index (χ4v) is 2.81. The summed E-state index contributed by atoms with van der Waals surface area (Å²) in [5, 5.41) is 3.39. The summed E-state index contributed by atoms with van der Waals surface area (Å²) in [6.45, 7) is 2.84. The third-order valence-corrected chi connectivity index (χ3v) is 3.87. The van der Waals surface area contributed by atoms with Gasteiger partial charge in [0.05, 0.1) is 5.54 Å². The van der Waals surface area contributed by atoms with Crippen LogP contribution in [0.15, 0.2) is 18.6 Å². The Morgan fingerprint density at radius 3 is 3.00 bits per heavy atom. The Morgan fingerprint density at radius 2 is 2.41 bits per heavy atom. The molecule has 1 spiro atoms. The van der Waals surface area contributed by atoms with Crippen molar-refractivity contribution in [2.24, 2.45) is 0 Å². The van der Waals surface area contributed by atoms with Gasteiger partial charge in [0.1, 0.15) is 12.0 Å². The van der Waals surface area contributed by atoms with Gasteiger partial charge in [-0.25, -0.2) is 9.97 Å². The van der Waals surface area contributed by atoms with E-state index in [9.17, 15) is 4.79 Å². The molecule has 2 aliphatic rings. The number of likely N-dealkylation sites (tertiary alicyclic amines) is 1. The maximum atomic E-state index is 12.3. The smallest absolute Gasteiger partial charge is 0.273 e. The Hall–Kier alpha value is -1.49. The zero-order valence-corrected chi connectivity index (χ0v) is 9.72. The third kappa shape index (κ3) is 1.70. The van der Waals surface area contributed by atoms with Crippen LogP contribution < -0.4 is 5.32 Å². The predicted molar refractivity (Wildman–Crippen MR) is 62.5 cm³/mol. The first kappa shape index (κ1) is 10.7. The van der Waals surface area contributed by atoms with Crippen LogP contribution in [0.2, 0.25) is 0 Å². The number of rotatable bonds is 1. The van der Waals surface area contributed by atoms with Crippen LogP contribution in [0.1, 0.15) is 29.8 Å². The molecule has 0 aliphatic carbocycles. The van der Waals surface area contributed by atoms with Gasteiger partial charge in [-0.2, -0.15) is 0 Å². The SMILES string of the molecule is O=C(c1ccncn1)N1CCC12CCCNC2. The number of carbonyl (C=O) groups excluding carboxylic acids is 1. The minimum atomic E-state index is 0.0438. The minimum absolute atomic E-state index is 0.0438. The van der Waals surface area contributed by atoms with Gasteiger partial charge in [0, 0.05) is 19.3 Å². The molecule has 1 unspecified atom stereocenters. The Kier molecular flexibility index (Phi) is 2.55. The van der Waals surface area contributed by atoms with Crippen molar-refractivity contribution in [2.75, 3.05) is 19.6 Å². The summed E-state index contributed by atoms with van der Waals surface area (Å²) in [7, 11) is 0. The summed E-state index contributed by atoms with van der Waals surface area (Å²) in [4.78, 5) is 22.2. The van der Waals surface area contributed by atoms with E-state index in [4.69, 9.17) is 0 Å². The highest BCUT2D eigenvalue weighted by Crippen LogP contribution is 2.37. The maximum absolute atomic E-state index is 12.3. The van der Waals surface area contributed by atoms with E-state index < -0.39 is 0 Å². The van der Waals surface area contributed by atoms with E-state index in [0.29, 0.717) is 5.69 Å². The second-order valence-corrected chi connectivity index (χ2v) is 4.81. The third-order valence-electron chi connectivity index (χ3n) is 3.87. The van der Waals surface area contributed by atoms with E-state index in [0.717, 1.165) is 38.9 Å². The van der Waals surface area contributed by atoms with Crippen LogP contribution in [0.3, 0.4) is 0 Å². The van der Waals surface area contributed by atoms with E-state index >= 15 is 0 Å². The van der Waals surface area contributed by atoms with Crippen molar-refractivity contribution in [3.63, 3.8) is 0 Å². The first-order valence-corrected chi connectivity index (χ1v) is 6.11. The van der Waals surface area contributed by atoms with E-state index in [1.54, 1.807) is 12.3 Å². The summed E-state index contributed by atoms with van der Waals surface area (Å²) in [5.41, 5.74) is 0.560. The van der Waals surface area contributed by atoms with Crippen molar-refractivity contribution in [3.05, 3.63) is 24.3 Å². The Balaban J connectivity index is 1.79. The molecule has 1 N–H and O–H groups in total. The summed E-state index contributed by atoms with van der Waals surface area (Å²) < 4.78 is 0. The van der Waals surface area contributed by atoms with Gasteiger partial charge in [0.2, 0.25) is 0 Å². The van der Waals surface area contributed by atoms with Crippen molar-refractivity contribution >= 4 is 5.91 Å². The van der Waals surface area contributed by atoms with Crippen molar-refractivity contribution in [1.29, 1.82) is 0 Å². The van der Waals surface area contributed by atoms with Crippen LogP contribution in [0.5, 0.6) is 0 Å². The molecular weight excluding hydrogens is 216 g/mol. The fourth-order valence-electron chi connectivity index (χ4n) is 2.81. The van der Waals surface area contributed by atoms with Gasteiger partial charge in [-0.15, -0.1) is 0 Å². The molecule has 0 radical (unpaired) electrons. The molecule has 5 heteroatoms. The lowest BCUT2D eigenvalue weighted by atomic mass is 9.78. The lowest BCUT2D eigenvalue weighted by Crippen LogP contribution is -2.68. The van der Waals surface area contributed by atoms with E-state index in [1.165, 1.54) is 6.33 Å².